The molecule has 19 heavy (non-hydrogen) atoms. The topological polar surface area (TPSA) is 61.4 Å². The molecule has 5 nitrogen and oxygen atoms in total. The highest BCUT2D eigenvalue weighted by atomic mass is 79.9. The maximum absolute atomic E-state index is 12.2. The molecule has 0 unspecified atom stereocenters. The van der Waals surface area contributed by atoms with Crippen LogP contribution in [0.2, 0.25) is 10.0 Å². The first-order valence-corrected chi connectivity index (χ1v) is 8.52. The molecule has 9 heteroatoms. The first-order chi connectivity index (χ1) is 8.90. The molecule has 0 bridgehead atoms. The molecule has 106 valence electrons. The van der Waals surface area contributed by atoms with Crippen LogP contribution in [0.5, 0.6) is 0 Å². The van der Waals surface area contributed by atoms with Crippen LogP contribution in [-0.2, 0) is 10.2 Å². The average Bonchev–Trinajstić information content (AvgIpc) is 2.35. The van der Waals surface area contributed by atoms with Crippen molar-refractivity contribution in [1.82, 2.24) is 9.62 Å². The number of rotatable bonds is 3. The average molecular weight is 389 g/mol. The Balaban J connectivity index is 2.25. The van der Waals surface area contributed by atoms with E-state index in [9.17, 15) is 8.42 Å². The van der Waals surface area contributed by atoms with E-state index in [0.29, 0.717) is 30.7 Å². The Labute approximate surface area is 130 Å². The minimum absolute atomic E-state index is 0.199. The number of piperazine rings is 1. The van der Waals surface area contributed by atoms with Crippen LogP contribution in [0.25, 0.3) is 0 Å². The summed E-state index contributed by atoms with van der Waals surface area (Å²) >= 11 is 15.3. The summed E-state index contributed by atoms with van der Waals surface area (Å²) in [6, 6.07) is 3.17. The molecule has 1 heterocycles. The summed E-state index contributed by atoms with van der Waals surface area (Å²) in [5, 5.41) is 3.59. The largest absolute Gasteiger partial charge is 0.314 e. The van der Waals surface area contributed by atoms with E-state index in [2.05, 4.69) is 26.0 Å². The van der Waals surface area contributed by atoms with Gasteiger partial charge >= 0.3 is 10.2 Å². The molecule has 0 radical (unpaired) electrons. The third-order valence-corrected chi connectivity index (χ3v) is 5.21. The normalized spacial score (nSPS) is 17.4. The highest BCUT2D eigenvalue weighted by Gasteiger charge is 2.25. The van der Waals surface area contributed by atoms with E-state index in [1.807, 2.05) is 0 Å². The van der Waals surface area contributed by atoms with Crippen LogP contribution < -0.4 is 10.0 Å². The van der Waals surface area contributed by atoms with E-state index < -0.39 is 10.2 Å². The van der Waals surface area contributed by atoms with Crippen molar-refractivity contribution in [2.75, 3.05) is 30.9 Å². The Kier molecular flexibility index (Phi) is 4.97. The molecule has 0 atom stereocenters. The number of anilines is 1. The third-order valence-electron chi connectivity index (χ3n) is 2.65. The van der Waals surface area contributed by atoms with Crippen LogP contribution in [0.1, 0.15) is 0 Å². The van der Waals surface area contributed by atoms with Gasteiger partial charge in [0.15, 0.2) is 0 Å². The monoisotopic (exact) mass is 387 g/mol. The molecule has 2 N–H and O–H groups in total. The van der Waals surface area contributed by atoms with Crippen LogP contribution in [0.3, 0.4) is 0 Å². The first-order valence-electron chi connectivity index (χ1n) is 5.53. The van der Waals surface area contributed by atoms with Crippen molar-refractivity contribution < 1.29 is 8.42 Å². The second kappa shape index (κ2) is 6.15. The fourth-order valence-electron chi connectivity index (χ4n) is 1.72. The first kappa shape index (κ1) is 15.3. The summed E-state index contributed by atoms with van der Waals surface area (Å²) in [6.45, 7) is 2.09. The van der Waals surface area contributed by atoms with E-state index in [1.54, 1.807) is 12.1 Å². The van der Waals surface area contributed by atoms with Crippen LogP contribution >= 0.6 is 39.1 Å². The van der Waals surface area contributed by atoms with Crippen LogP contribution in [0.15, 0.2) is 16.6 Å². The summed E-state index contributed by atoms with van der Waals surface area (Å²) in [4.78, 5) is 0. The molecular weight excluding hydrogens is 377 g/mol. The maximum atomic E-state index is 12.2. The van der Waals surface area contributed by atoms with Gasteiger partial charge in [-0.05, 0) is 12.1 Å². The fourth-order valence-corrected chi connectivity index (χ4v) is 4.40. The molecule has 0 amide bonds. The summed E-state index contributed by atoms with van der Waals surface area (Å²) in [5.74, 6) is 0. The lowest BCUT2D eigenvalue weighted by Crippen LogP contribution is -2.48. The summed E-state index contributed by atoms with van der Waals surface area (Å²) in [7, 11) is -3.64. The second-order valence-corrected chi connectivity index (χ2v) is 7.40. The standard InChI is InChI=1S/C10H12BrCl2N3O2S/c11-7-5-8(12)10(9(13)6-7)15-19(17,18)16-3-1-14-2-4-16/h5-6,14-15H,1-4H2. The molecule has 1 aromatic carbocycles. The molecule has 0 aliphatic carbocycles. The number of nitrogens with one attached hydrogen (secondary N) is 2. The van der Waals surface area contributed by atoms with E-state index in [1.165, 1.54) is 4.31 Å². The van der Waals surface area contributed by atoms with Crippen molar-refractivity contribution >= 4 is 55.0 Å². The molecule has 2 rings (SSSR count). The molecule has 0 saturated carbocycles. The van der Waals surface area contributed by atoms with Gasteiger partial charge in [0.2, 0.25) is 0 Å². The number of nitrogens with zero attached hydrogens (tertiary/aromatic N) is 1. The molecule has 1 aliphatic heterocycles. The van der Waals surface area contributed by atoms with Crippen molar-refractivity contribution in [2.24, 2.45) is 0 Å². The predicted molar refractivity (Wildman–Crippen MR) is 81.1 cm³/mol. The van der Waals surface area contributed by atoms with Crippen molar-refractivity contribution in [2.45, 2.75) is 0 Å². The molecule has 1 aliphatic rings. The smallest absolute Gasteiger partial charge is 0.301 e. The minimum Gasteiger partial charge on any atom is -0.314 e. The van der Waals surface area contributed by atoms with Crippen molar-refractivity contribution in [3.8, 4) is 0 Å². The molecule has 0 spiro atoms. The minimum atomic E-state index is -3.64. The lowest BCUT2D eigenvalue weighted by Gasteiger charge is -2.27. The van der Waals surface area contributed by atoms with Gasteiger partial charge in [0.1, 0.15) is 0 Å². The molecule has 1 saturated heterocycles. The van der Waals surface area contributed by atoms with E-state index in [0.717, 1.165) is 0 Å². The predicted octanol–water partition coefficient (Wildman–Crippen LogP) is 2.32. The van der Waals surface area contributed by atoms with Gasteiger partial charge < -0.3 is 5.32 Å². The van der Waals surface area contributed by atoms with E-state index in [-0.39, 0.29) is 15.7 Å². The van der Waals surface area contributed by atoms with Crippen LogP contribution in [0, 0.1) is 0 Å². The Hall–Kier alpha value is -0.0500. The lowest BCUT2D eigenvalue weighted by atomic mass is 10.3. The Morgan fingerprint density at radius 1 is 1.21 bits per heavy atom. The van der Waals surface area contributed by atoms with Gasteiger partial charge in [-0.15, -0.1) is 0 Å². The van der Waals surface area contributed by atoms with Crippen LogP contribution in [0.4, 0.5) is 5.69 Å². The van der Waals surface area contributed by atoms with Gasteiger partial charge in [-0.25, -0.2) is 0 Å². The molecule has 1 fully saturated rings. The number of hydrogen-bond acceptors (Lipinski definition) is 3. The van der Waals surface area contributed by atoms with E-state index in [4.69, 9.17) is 23.2 Å². The zero-order valence-electron chi connectivity index (χ0n) is 9.79. The zero-order valence-corrected chi connectivity index (χ0v) is 13.7. The highest BCUT2D eigenvalue weighted by Crippen LogP contribution is 2.34. The number of halogens is 3. The van der Waals surface area contributed by atoms with Crippen molar-refractivity contribution in [3.63, 3.8) is 0 Å². The molecule has 1 aromatic rings. The van der Waals surface area contributed by atoms with Crippen molar-refractivity contribution in [3.05, 3.63) is 26.7 Å². The molecule has 0 aromatic heterocycles. The van der Waals surface area contributed by atoms with Gasteiger partial charge in [0.25, 0.3) is 0 Å². The zero-order chi connectivity index (χ0) is 14.0. The quantitative estimate of drug-likeness (QED) is 0.835. The highest BCUT2D eigenvalue weighted by molar-refractivity contribution is 9.10. The van der Waals surface area contributed by atoms with Gasteiger partial charge in [-0.3, -0.25) is 4.72 Å². The molecular formula is C10H12BrCl2N3O2S. The maximum Gasteiger partial charge on any atom is 0.301 e. The van der Waals surface area contributed by atoms with Crippen LogP contribution in [-0.4, -0.2) is 38.9 Å². The second-order valence-electron chi connectivity index (χ2n) is 4.00. The van der Waals surface area contributed by atoms with Crippen molar-refractivity contribution in [1.29, 1.82) is 0 Å². The van der Waals surface area contributed by atoms with Gasteiger partial charge in [0.05, 0.1) is 15.7 Å². The SMILES string of the molecule is O=S(=O)(Nc1c(Cl)cc(Br)cc1Cl)N1CCNCC1. The van der Waals surface area contributed by atoms with E-state index >= 15 is 0 Å². The Morgan fingerprint density at radius 2 is 1.74 bits per heavy atom. The van der Waals surface area contributed by atoms with Gasteiger partial charge in [-0.2, -0.15) is 12.7 Å². The summed E-state index contributed by atoms with van der Waals surface area (Å²) in [6.07, 6.45) is 0. The Bertz CT molecular complexity index is 553. The summed E-state index contributed by atoms with van der Waals surface area (Å²) < 4.78 is 28.9. The summed E-state index contributed by atoms with van der Waals surface area (Å²) in [5.41, 5.74) is 0.199. The Morgan fingerprint density at radius 3 is 2.26 bits per heavy atom. The fraction of sp³-hybridized carbons (Fsp3) is 0.400. The lowest BCUT2D eigenvalue weighted by molar-refractivity contribution is 0.362. The third kappa shape index (κ3) is 3.74. The van der Waals surface area contributed by atoms with Gasteiger partial charge in [0, 0.05) is 30.7 Å². The number of benzene rings is 1. The van der Waals surface area contributed by atoms with Gasteiger partial charge in [-0.1, -0.05) is 39.1 Å². The number of hydrogen-bond donors (Lipinski definition) is 2.